The molecule has 1 heterocycles. The van der Waals surface area contributed by atoms with Gasteiger partial charge in [-0.1, -0.05) is 45.8 Å². The minimum absolute atomic E-state index is 0.0992. The Morgan fingerprint density at radius 3 is 2.78 bits per heavy atom. The SMILES string of the molecule is CCCNC(=O)OC[C@]12CO[C@@H](CCC)[C@@H](C(C)=C[C@H]1C)[C@H]2C. The van der Waals surface area contributed by atoms with E-state index in [1.165, 1.54) is 5.57 Å². The molecule has 1 aliphatic heterocycles. The molecule has 4 heteroatoms. The Bertz CT molecular complexity index is 448. The van der Waals surface area contributed by atoms with Crippen molar-refractivity contribution in [3.05, 3.63) is 11.6 Å². The number of rotatable bonds is 6. The molecule has 1 saturated heterocycles. The molecule has 0 unspecified atom stereocenters. The molecule has 0 aromatic rings. The fourth-order valence-electron chi connectivity index (χ4n) is 4.41. The van der Waals surface area contributed by atoms with Gasteiger partial charge in [0.15, 0.2) is 0 Å². The fourth-order valence-corrected chi connectivity index (χ4v) is 4.41. The summed E-state index contributed by atoms with van der Waals surface area (Å²) >= 11 is 0. The molecule has 4 nitrogen and oxygen atoms in total. The zero-order valence-electron chi connectivity index (χ0n) is 15.4. The van der Waals surface area contributed by atoms with Crippen LogP contribution >= 0.6 is 0 Å². The Hall–Kier alpha value is -1.03. The van der Waals surface area contributed by atoms with Gasteiger partial charge < -0.3 is 14.8 Å². The standard InChI is InChI=1S/C19H33NO3/c1-6-8-16-17-13(3)10-14(4)19(11-22-16,15(17)5)12-23-18(21)20-9-7-2/h10,14-17H,6-9,11-12H2,1-5H3,(H,20,21)/t14-,15-,16+,17+,19-/m1/s1. The molecule has 23 heavy (non-hydrogen) atoms. The van der Waals surface area contributed by atoms with Crippen LogP contribution < -0.4 is 5.32 Å². The van der Waals surface area contributed by atoms with Crippen molar-refractivity contribution >= 4 is 6.09 Å². The number of fused-ring (bicyclic) bond motifs is 2. The second-order valence-electron chi connectivity index (χ2n) is 7.39. The van der Waals surface area contributed by atoms with Crippen LogP contribution in [0.4, 0.5) is 4.79 Å². The van der Waals surface area contributed by atoms with Gasteiger partial charge >= 0.3 is 6.09 Å². The monoisotopic (exact) mass is 323 g/mol. The van der Waals surface area contributed by atoms with Crippen LogP contribution in [0, 0.1) is 23.2 Å². The molecular formula is C19H33NO3. The molecule has 0 aromatic heterocycles. The van der Waals surface area contributed by atoms with Gasteiger partial charge in [-0.05, 0) is 31.6 Å². The van der Waals surface area contributed by atoms with E-state index in [0.29, 0.717) is 43.6 Å². The summed E-state index contributed by atoms with van der Waals surface area (Å²) in [5, 5.41) is 2.79. The first-order valence-electron chi connectivity index (χ1n) is 9.16. The summed E-state index contributed by atoms with van der Waals surface area (Å²) in [6.07, 6.45) is 5.53. The molecule has 2 rings (SSSR count). The zero-order valence-corrected chi connectivity index (χ0v) is 15.4. The van der Waals surface area contributed by atoms with Crippen molar-refractivity contribution < 1.29 is 14.3 Å². The molecule has 2 aliphatic rings. The minimum atomic E-state index is -0.306. The van der Waals surface area contributed by atoms with Crippen LogP contribution in [0.15, 0.2) is 11.6 Å². The van der Waals surface area contributed by atoms with Gasteiger partial charge in [0.1, 0.15) is 6.61 Å². The fraction of sp³-hybridized carbons (Fsp3) is 0.842. The topological polar surface area (TPSA) is 47.6 Å². The molecule has 1 aliphatic carbocycles. The van der Waals surface area contributed by atoms with E-state index in [-0.39, 0.29) is 11.5 Å². The smallest absolute Gasteiger partial charge is 0.407 e. The normalized spacial score (nSPS) is 36.3. The average molecular weight is 323 g/mol. The van der Waals surface area contributed by atoms with Gasteiger partial charge in [0.05, 0.1) is 12.7 Å². The van der Waals surface area contributed by atoms with Crippen molar-refractivity contribution in [1.29, 1.82) is 0 Å². The molecular weight excluding hydrogens is 290 g/mol. The number of hydrogen-bond acceptors (Lipinski definition) is 3. The van der Waals surface area contributed by atoms with Crippen molar-refractivity contribution in [2.45, 2.75) is 60.0 Å². The number of carbonyl (C=O) groups is 1. The lowest BCUT2D eigenvalue weighted by atomic mass is 9.56. The average Bonchev–Trinajstić information content (AvgIpc) is 2.51. The molecule has 1 N–H and O–H groups in total. The lowest BCUT2D eigenvalue weighted by Gasteiger charge is -2.55. The first-order valence-corrected chi connectivity index (χ1v) is 9.16. The predicted molar refractivity (Wildman–Crippen MR) is 92.3 cm³/mol. The van der Waals surface area contributed by atoms with E-state index in [2.05, 4.69) is 39.1 Å². The Balaban J connectivity index is 2.12. The van der Waals surface area contributed by atoms with Gasteiger partial charge in [0, 0.05) is 17.9 Å². The van der Waals surface area contributed by atoms with Crippen molar-refractivity contribution in [2.75, 3.05) is 19.8 Å². The third-order valence-corrected chi connectivity index (χ3v) is 5.92. The molecule has 1 fully saturated rings. The van der Waals surface area contributed by atoms with Crippen LogP contribution in [0.5, 0.6) is 0 Å². The Morgan fingerprint density at radius 2 is 2.13 bits per heavy atom. The number of alkyl carbamates (subject to hydrolysis) is 1. The van der Waals surface area contributed by atoms with Crippen LogP contribution in [-0.2, 0) is 9.47 Å². The summed E-state index contributed by atoms with van der Waals surface area (Å²) in [6.45, 7) is 12.8. The van der Waals surface area contributed by atoms with E-state index in [0.717, 1.165) is 19.3 Å². The highest BCUT2D eigenvalue weighted by Gasteiger charge is 2.53. The van der Waals surface area contributed by atoms with Crippen LogP contribution in [-0.4, -0.2) is 32.0 Å². The van der Waals surface area contributed by atoms with Crippen LogP contribution in [0.25, 0.3) is 0 Å². The van der Waals surface area contributed by atoms with Gasteiger partial charge in [-0.25, -0.2) is 4.79 Å². The Kier molecular flexibility index (Phi) is 6.12. The van der Waals surface area contributed by atoms with Crippen molar-refractivity contribution in [3.63, 3.8) is 0 Å². The van der Waals surface area contributed by atoms with E-state index >= 15 is 0 Å². The van der Waals surface area contributed by atoms with E-state index in [1.54, 1.807) is 0 Å². The molecule has 0 aromatic carbocycles. The second-order valence-corrected chi connectivity index (χ2v) is 7.39. The minimum Gasteiger partial charge on any atom is -0.449 e. The number of nitrogens with one attached hydrogen (secondary N) is 1. The molecule has 2 bridgehead atoms. The van der Waals surface area contributed by atoms with Gasteiger partial charge in [0.25, 0.3) is 0 Å². The quantitative estimate of drug-likeness (QED) is 0.747. The molecule has 1 amide bonds. The van der Waals surface area contributed by atoms with Crippen molar-refractivity contribution in [2.24, 2.45) is 23.2 Å². The summed E-state index contributed by atoms with van der Waals surface area (Å²) in [6, 6.07) is 0. The zero-order chi connectivity index (χ0) is 17.0. The molecule has 5 atom stereocenters. The predicted octanol–water partition coefficient (Wildman–Crippen LogP) is 4.16. The summed E-state index contributed by atoms with van der Waals surface area (Å²) in [4.78, 5) is 11.9. The maximum Gasteiger partial charge on any atom is 0.407 e. The number of hydrogen-bond donors (Lipinski definition) is 1. The lowest BCUT2D eigenvalue weighted by molar-refractivity contribution is -0.164. The Morgan fingerprint density at radius 1 is 1.39 bits per heavy atom. The van der Waals surface area contributed by atoms with E-state index in [9.17, 15) is 4.79 Å². The van der Waals surface area contributed by atoms with Crippen molar-refractivity contribution in [1.82, 2.24) is 5.32 Å². The molecule has 0 spiro atoms. The number of allylic oxidation sites excluding steroid dienone is 1. The number of amides is 1. The summed E-state index contributed by atoms with van der Waals surface area (Å²) in [7, 11) is 0. The number of carbonyl (C=O) groups excluding carboxylic acids is 1. The van der Waals surface area contributed by atoms with Crippen LogP contribution in [0.2, 0.25) is 0 Å². The van der Waals surface area contributed by atoms with Gasteiger partial charge in [-0.15, -0.1) is 0 Å². The van der Waals surface area contributed by atoms with Gasteiger partial charge in [0.2, 0.25) is 0 Å². The Labute approximate surface area is 141 Å². The van der Waals surface area contributed by atoms with Gasteiger partial charge in [-0.2, -0.15) is 0 Å². The molecule has 0 saturated carbocycles. The largest absolute Gasteiger partial charge is 0.449 e. The maximum absolute atomic E-state index is 11.9. The lowest BCUT2D eigenvalue weighted by Crippen LogP contribution is -2.57. The van der Waals surface area contributed by atoms with Crippen LogP contribution in [0.1, 0.15) is 53.9 Å². The second kappa shape index (κ2) is 7.69. The first kappa shape index (κ1) is 18.3. The third kappa shape index (κ3) is 3.57. The van der Waals surface area contributed by atoms with E-state index in [1.807, 2.05) is 6.92 Å². The number of ether oxygens (including phenoxy) is 2. The maximum atomic E-state index is 11.9. The summed E-state index contributed by atoms with van der Waals surface area (Å²) < 4.78 is 11.8. The van der Waals surface area contributed by atoms with Crippen LogP contribution in [0.3, 0.4) is 0 Å². The highest BCUT2D eigenvalue weighted by molar-refractivity contribution is 5.67. The third-order valence-electron chi connectivity index (χ3n) is 5.92. The highest BCUT2D eigenvalue weighted by atomic mass is 16.6. The first-order chi connectivity index (χ1) is 11.0. The molecule has 0 radical (unpaired) electrons. The van der Waals surface area contributed by atoms with Gasteiger partial charge in [-0.3, -0.25) is 0 Å². The van der Waals surface area contributed by atoms with E-state index < -0.39 is 0 Å². The summed E-state index contributed by atoms with van der Waals surface area (Å²) in [5.41, 5.74) is 1.34. The van der Waals surface area contributed by atoms with E-state index in [4.69, 9.17) is 9.47 Å². The highest BCUT2D eigenvalue weighted by Crippen LogP contribution is 2.53. The summed E-state index contributed by atoms with van der Waals surface area (Å²) in [5.74, 6) is 1.27. The van der Waals surface area contributed by atoms with Crippen molar-refractivity contribution in [3.8, 4) is 0 Å². The molecule has 132 valence electrons.